The molecule has 0 aromatic carbocycles. The van der Waals surface area contributed by atoms with Gasteiger partial charge in [0.2, 0.25) is 0 Å². The first-order valence-electron chi connectivity index (χ1n) is 6.85. The second kappa shape index (κ2) is 7.34. The van der Waals surface area contributed by atoms with E-state index in [2.05, 4.69) is 26.1 Å². The number of methoxy groups -OCH3 is 1. The highest BCUT2D eigenvalue weighted by molar-refractivity contribution is 4.90. The van der Waals surface area contributed by atoms with Crippen molar-refractivity contribution in [2.45, 2.75) is 46.1 Å². The lowest BCUT2D eigenvalue weighted by molar-refractivity contribution is 0.0691. The number of nitrogens with one attached hydrogen (secondary N) is 1. The van der Waals surface area contributed by atoms with Crippen molar-refractivity contribution in [3.05, 3.63) is 0 Å². The van der Waals surface area contributed by atoms with Crippen molar-refractivity contribution >= 4 is 0 Å². The maximum absolute atomic E-state index is 5.44. The van der Waals surface area contributed by atoms with Gasteiger partial charge in [0.1, 0.15) is 0 Å². The van der Waals surface area contributed by atoms with Gasteiger partial charge in [0.05, 0.1) is 13.2 Å². The second-order valence-electron chi connectivity index (χ2n) is 6.07. The molecule has 17 heavy (non-hydrogen) atoms. The van der Waals surface area contributed by atoms with Crippen LogP contribution in [0.5, 0.6) is 0 Å². The van der Waals surface area contributed by atoms with E-state index >= 15 is 0 Å². The lowest BCUT2D eigenvalue weighted by Gasteiger charge is -2.18. The van der Waals surface area contributed by atoms with Crippen LogP contribution in [0.4, 0.5) is 0 Å². The average Bonchev–Trinajstić information content (AvgIpc) is 2.51. The lowest BCUT2D eigenvalue weighted by Crippen LogP contribution is -2.32. The van der Waals surface area contributed by atoms with Gasteiger partial charge >= 0.3 is 0 Å². The molecular formula is C14H29NO2. The number of hydrogen-bond acceptors (Lipinski definition) is 3. The quantitative estimate of drug-likeness (QED) is 0.664. The predicted octanol–water partition coefficient (Wildman–Crippen LogP) is 2.45. The fourth-order valence-electron chi connectivity index (χ4n) is 2.87. The number of rotatable bonds is 8. The van der Waals surface area contributed by atoms with E-state index in [0.29, 0.717) is 24.7 Å². The van der Waals surface area contributed by atoms with E-state index in [4.69, 9.17) is 9.47 Å². The first-order chi connectivity index (χ1) is 8.05. The molecular weight excluding hydrogens is 214 g/mol. The van der Waals surface area contributed by atoms with E-state index in [0.717, 1.165) is 25.5 Å². The van der Waals surface area contributed by atoms with Gasteiger partial charge in [0.25, 0.3) is 0 Å². The molecule has 0 aliphatic heterocycles. The third-order valence-corrected chi connectivity index (χ3v) is 3.64. The molecule has 1 N–H and O–H groups in total. The molecule has 0 heterocycles. The Balaban J connectivity index is 2.00. The third-order valence-electron chi connectivity index (χ3n) is 3.64. The summed E-state index contributed by atoms with van der Waals surface area (Å²) in [5.74, 6) is 0.805. The van der Waals surface area contributed by atoms with Crippen molar-refractivity contribution in [3.8, 4) is 0 Å². The zero-order chi connectivity index (χ0) is 12.7. The van der Waals surface area contributed by atoms with Crippen LogP contribution in [0.15, 0.2) is 0 Å². The van der Waals surface area contributed by atoms with E-state index in [1.165, 1.54) is 12.8 Å². The Labute approximate surface area is 106 Å². The molecule has 3 heteroatoms. The van der Waals surface area contributed by atoms with E-state index in [-0.39, 0.29) is 0 Å². The molecule has 1 saturated carbocycles. The highest BCUT2D eigenvalue weighted by atomic mass is 16.5. The van der Waals surface area contributed by atoms with Crippen LogP contribution in [0.25, 0.3) is 0 Å². The summed E-state index contributed by atoms with van der Waals surface area (Å²) >= 11 is 0. The van der Waals surface area contributed by atoms with Gasteiger partial charge in [0, 0.05) is 19.8 Å². The maximum atomic E-state index is 5.44. The van der Waals surface area contributed by atoms with E-state index in [1.54, 1.807) is 7.11 Å². The molecule has 0 aromatic rings. The minimum absolute atomic E-state index is 0.520. The van der Waals surface area contributed by atoms with E-state index in [1.807, 2.05) is 0 Å². The molecule has 0 amide bonds. The number of ether oxygens (including phenoxy) is 2. The van der Waals surface area contributed by atoms with Crippen molar-refractivity contribution in [2.75, 3.05) is 33.5 Å². The first kappa shape index (κ1) is 14.9. The summed E-state index contributed by atoms with van der Waals surface area (Å²) in [7, 11) is 1.70. The van der Waals surface area contributed by atoms with Crippen molar-refractivity contribution in [3.63, 3.8) is 0 Å². The Bertz CT molecular complexity index is 206. The van der Waals surface area contributed by atoms with E-state index < -0.39 is 0 Å². The zero-order valence-corrected chi connectivity index (χ0v) is 11.9. The van der Waals surface area contributed by atoms with Crippen LogP contribution in [0.2, 0.25) is 0 Å². The van der Waals surface area contributed by atoms with Crippen molar-refractivity contribution in [1.29, 1.82) is 0 Å². The smallest absolute Gasteiger partial charge is 0.0700 e. The third kappa shape index (κ3) is 5.84. The predicted molar refractivity (Wildman–Crippen MR) is 71.3 cm³/mol. The normalized spacial score (nSPS) is 27.5. The largest absolute Gasteiger partial charge is 0.382 e. The monoisotopic (exact) mass is 243 g/mol. The fraction of sp³-hybridized carbons (Fsp3) is 1.00. The molecule has 0 aromatic heterocycles. The standard InChI is InChI=1S/C14H29NO2/c1-12-10-14(2,3)11-13(12)15-6-5-7-17-9-8-16-4/h12-13,15H,5-11H2,1-4H3. The molecule has 102 valence electrons. The lowest BCUT2D eigenvalue weighted by atomic mass is 9.91. The summed E-state index contributed by atoms with van der Waals surface area (Å²) in [6, 6.07) is 0.698. The van der Waals surface area contributed by atoms with Crippen LogP contribution >= 0.6 is 0 Å². The fourth-order valence-corrected chi connectivity index (χ4v) is 2.87. The molecule has 0 saturated heterocycles. The van der Waals surface area contributed by atoms with Crippen LogP contribution in [0, 0.1) is 11.3 Å². The van der Waals surface area contributed by atoms with Gasteiger partial charge in [-0.2, -0.15) is 0 Å². The van der Waals surface area contributed by atoms with Crippen LogP contribution in [-0.4, -0.2) is 39.5 Å². The Kier molecular flexibility index (Phi) is 6.45. The van der Waals surface area contributed by atoms with Gasteiger partial charge < -0.3 is 14.8 Å². The summed E-state index contributed by atoms with van der Waals surface area (Å²) in [5, 5.41) is 3.67. The van der Waals surface area contributed by atoms with E-state index in [9.17, 15) is 0 Å². The summed E-state index contributed by atoms with van der Waals surface area (Å²) in [5.41, 5.74) is 0.520. The van der Waals surface area contributed by atoms with Crippen molar-refractivity contribution in [2.24, 2.45) is 11.3 Å². The molecule has 2 unspecified atom stereocenters. The Morgan fingerprint density at radius 2 is 1.94 bits per heavy atom. The van der Waals surface area contributed by atoms with Crippen LogP contribution in [0.3, 0.4) is 0 Å². The minimum atomic E-state index is 0.520. The Hall–Kier alpha value is -0.120. The Morgan fingerprint density at radius 1 is 1.18 bits per heavy atom. The topological polar surface area (TPSA) is 30.5 Å². The highest BCUT2D eigenvalue weighted by Gasteiger charge is 2.35. The number of hydrogen-bond donors (Lipinski definition) is 1. The molecule has 0 radical (unpaired) electrons. The molecule has 1 aliphatic carbocycles. The van der Waals surface area contributed by atoms with Crippen LogP contribution in [0.1, 0.15) is 40.0 Å². The molecule has 0 bridgehead atoms. The zero-order valence-electron chi connectivity index (χ0n) is 11.9. The molecule has 2 atom stereocenters. The van der Waals surface area contributed by atoms with Crippen LogP contribution in [-0.2, 0) is 9.47 Å². The summed E-state index contributed by atoms with van der Waals surface area (Å²) in [6.45, 7) is 10.4. The SMILES string of the molecule is COCCOCCCNC1CC(C)(C)CC1C. The van der Waals surface area contributed by atoms with Gasteiger partial charge in [-0.25, -0.2) is 0 Å². The molecule has 1 rings (SSSR count). The average molecular weight is 243 g/mol. The molecule has 1 fully saturated rings. The molecule has 3 nitrogen and oxygen atoms in total. The maximum Gasteiger partial charge on any atom is 0.0700 e. The molecule has 0 spiro atoms. The summed E-state index contributed by atoms with van der Waals surface area (Å²) < 4.78 is 10.4. The van der Waals surface area contributed by atoms with Gasteiger partial charge in [0.15, 0.2) is 0 Å². The van der Waals surface area contributed by atoms with Gasteiger partial charge in [-0.1, -0.05) is 20.8 Å². The Morgan fingerprint density at radius 3 is 2.53 bits per heavy atom. The van der Waals surface area contributed by atoms with Crippen LogP contribution < -0.4 is 5.32 Å². The first-order valence-corrected chi connectivity index (χ1v) is 6.85. The second-order valence-corrected chi connectivity index (χ2v) is 6.07. The van der Waals surface area contributed by atoms with Crippen molar-refractivity contribution < 1.29 is 9.47 Å². The molecule has 1 aliphatic rings. The highest BCUT2D eigenvalue weighted by Crippen LogP contribution is 2.40. The van der Waals surface area contributed by atoms with Gasteiger partial charge in [-0.15, -0.1) is 0 Å². The van der Waals surface area contributed by atoms with Gasteiger partial charge in [-0.05, 0) is 37.1 Å². The minimum Gasteiger partial charge on any atom is -0.382 e. The summed E-state index contributed by atoms with van der Waals surface area (Å²) in [4.78, 5) is 0. The van der Waals surface area contributed by atoms with Gasteiger partial charge in [-0.3, -0.25) is 0 Å². The summed E-state index contributed by atoms with van der Waals surface area (Å²) in [6.07, 6.45) is 3.74. The van der Waals surface area contributed by atoms with Crippen molar-refractivity contribution in [1.82, 2.24) is 5.32 Å².